The first-order valence-corrected chi connectivity index (χ1v) is 4.84. The first-order chi connectivity index (χ1) is 5.34. The van der Waals surface area contributed by atoms with Gasteiger partial charge in [0.1, 0.15) is 0 Å². The number of piperidine rings is 1. The Balaban J connectivity index is 2.18. The van der Waals surface area contributed by atoms with Gasteiger partial charge in [0.2, 0.25) is 0 Å². The molecule has 0 aromatic carbocycles. The molecule has 1 aliphatic heterocycles. The lowest BCUT2D eigenvalue weighted by Crippen LogP contribution is -2.45. The van der Waals surface area contributed by atoms with Crippen molar-refractivity contribution in [1.29, 1.82) is 0 Å². The van der Waals surface area contributed by atoms with Crippen LogP contribution in [0.15, 0.2) is 0 Å². The summed E-state index contributed by atoms with van der Waals surface area (Å²) in [6.07, 6.45) is 6.80. The highest BCUT2D eigenvalue weighted by Crippen LogP contribution is 2.13. The fourth-order valence-electron chi connectivity index (χ4n) is 1.66. The van der Waals surface area contributed by atoms with Crippen molar-refractivity contribution >= 4 is 0 Å². The predicted molar refractivity (Wildman–Crippen MR) is 48.3 cm³/mol. The zero-order valence-corrected chi connectivity index (χ0v) is 7.55. The van der Waals surface area contributed by atoms with Crippen LogP contribution in [-0.2, 0) is 0 Å². The second-order valence-electron chi connectivity index (χ2n) is 3.45. The largest absolute Gasteiger partial charge is 0.316 e. The van der Waals surface area contributed by atoms with Gasteiger partial charge in [-0.05, 0) is 38.8 Å². The maximum atomic E-state index is 5.95. The summed E-state index contributed by atoms with van der Waals surface area (Å²) in [6.45, 7) is 4.66. The van der Waals surface area contributed by atoms with E-state index in [1.54, 1.807) is 0 Å². The molecule has 1 unspecified atom stereocenters. The lowest BCUT2D eigenvalue weighted by molar-refractivity contribution is 0.150. The lowest BCUT2D eigenvalue weighted by atomic mass is 10.1. The van der Waals surface area contributed by atoms with Crippen LogP contribution < -0.4 is 5.73 Å². The first-order valence-electron chi connectivity index (χ1n) is 4.84. The number of nitrogens with zero attached hydrogens (tertiary/aromatic N) is 1. The normalized spacial score (nSPS) is 27.3. The number of likely N-dealkylation sites (tertiary alicyclic amines) is 1. The van der Waals surface area contributed by atoms with Crippen LogP contribution in [0.1, 0.15) is 39.0 Å². The summed E-state index contributed by atoms with van der Waals surface area (Å²) in [7, 11) is 0. The molecule has 0 spiro atoms. The number of nitrogens with two attached hydrogens (primary N) is 1. The van der Waals surface area contributed by atoms with Crippen molar-refractivity contribution in [3.8, 4) is 0 Å². The van der Waals surface area contributed by atoms with Gasteiger partial charge < -0.3 is 5.73 Å². The Kier molecular flexibility index (Phi) is 3.87. The number of hydrogen-bond donors (Lipinski definition) is 1. The second-order valence-corrected chi connectivity index (χ2v) is 3.45. The molecule has 11 heavy (non-hydrogen) atoms. The summed E-state index contributed by atoms with van der Waals surface area (Å²) in [5, 5.41) is 0. The molecule has 2 N–H and O–H groups in total. The van der Waals surface area contributed by atoms with Crippen LogP contribution in [0.2, 0.25) is 0 Å². The summed E-state index contributed by atoms with van der Waals surface area (Å²) in [5.74, 6) is 0. The van der Waals surface area contributed by atoms with Gasteiger partial charge in [-0.3, -0.25) is 4.90 Å². The van der Waals surface area contributed by atoms with E-state index in [4.69, 9.17) is 5.73 Å². The molecule has 0 radical (unpaired) electrons. The average molecular weight is 156 g/mol. The standard InChI is InChI=1S/C9H20N2/c1-2-3-7-11-8-5-4-6-9(11)10/h9H,2-8,10H2,1H3. The van der Waals surface area contributed by atoms with Crippen LogP contribution in [0, 0.1) is 0 Å². The number of hydrogen-bond acceptors (Lipinski definition) is 2. The van der Waals surface area contributed by atoms with E-state index in [1.165, 1.54) is 45.2 Å². The quantitative estimate of drug-likeness (QED) is 0.672. The molecule has 2 heteroatoms. The molecular weight excluding hydrogens is 136 g/mol. The molecule has 1 aliphatic rings. The molecule has 66 valence electrons. The van der Waals surface area contributed by atoms with Crippen molar-refractivity contribution in [1.82, 2.24) is 4.90 Å². The number of unbranched alkanes of at least 4 members (excludes halogenated alkanes) is 1. The van der Waals surface area contributed by atoms with E-state index < -0.39 is 0 Å². The topological polar surface area (TPSA) is 29.3 Å². The first kappa shape index (κ1) is 9.01. The molecule has 0 bridgehead atoms. The fraction of sp³-hybridized carbons (Fsp3) is 1.00. The Labute approximate surface area is 69.8 Å². The number of rotatable bonds is 3. The Morgan fingerprint density at radius 2 is 2.27 bits per heavy atom. The zero-order chi connectivity index (χ0) is 8.10. The minimum Gasteiger partial charge on any atom is -0.316 e. The minimum atomic E-state index is 0.357. The zero-order valence-electron chi connectivity index (χ0n) is 7.55. The van der Waals surface area contributed by atoms with Crippen molar-refractivity contribution in [2.45, 2.75) is 45.2 Å². The van der Waals surface area contributed by atoms with Crippen molar-refractivity contribution in [2.24, 2.45) is 5.73 Å². The highest BCUT2D eigenvalue weighted by atomic mass is 15.2. The second kappa shape index (κ2) is 4.73. The van der Waals surface area contributed by atoms with Gasteiger partial charge >= 0.3 is 0 Å². The van der Waals surface area contributed by atoms with E-state index >= 15 is 0 Å². The molecule has 2 nitrogen and oxygen atoms in total. The molecule has 1 saturated heterocycles. The smallest absolute Gasteiger partial charge is 0.0571 e. The lowest BCUT2D eigenvalue weighted by Gasteiger charge is -2.32. The van der Waals surface area contributed by atoms with Gasteiger partial charge in [0.15, 0.2) is 0 Å². The van der Waals surface area contributed by atoms with Gasteiger partial charge in [-0.2, -0.15) is 0 Å². The Bertz CT molecular complexity index is 104. The van der Waals surface area contributed by atoms with E-state index in [0.717, 1.165) is 0 Å². The maximum absolute atomic E-state index is 5.95. The summed E-state index contributed by atoms with van der Waals surface area (Å²) >= 11 is 0. The average Bonchev–Trinajstić information content (AvgIpc) is 2.03. The van der Waals surface area contributed by atoms with E-state index in [2.05, 4.69) is 11.8 Å². The summed E-state index contributed by atoms with van der Waals surface area (Å²) < 4.78 is 0. The van der Waals surface area contributed by atoms with Crippen LogP contribution in [-0.4, -0.2) is 24.2 Å². The molecule has 0 aromatic heterocycles. The van der Waals surface area contributed by atoms with Crippen molar-refractivity contribution in [2.75, 3.05) is 13.1 Å². The summed E-state index contributed by atoms with van der Waals surface area (Å²) in [6, 6.07) is 0. The van der Waals surface area contributed by atoms with Crippen LogP contribution in [0.3, 0.4) is 0 Å². The molecule has 1 atom stereocenters. The SMILES string of the molecule is CCCCN1CCCCC1N. The van der Waals surface area contributed by atoms with Crippen LogP contribution >= 0.6 is 0 Å². The summed E-state index contributed by atoms with van der Waals surface area (Å²) in [5.41, 5.74) is 5.95. The van der Waals surface area contributed by atoms with Crippen molar-refractivity contribution < 1.29 is 0 Å². The van der Waals surface area contributed by atoms with Crippen LogP contribution in [0.4, 0.5) is 0 Å². The van der Waals surface area contributed by atoms with Crippen molar-refractivity contribution in [3.05, 3.63) is 0 Å². The molecule has 1 fully saturated rings. The third-order valence-corrected chi connectivity index (χ3v) is 2.46. The van der Waals surface area contributed by atoms with Crippen LogP contribution in [0.5, 0.6) is 0 Å². The molecule has 1 rings (SSSR count). The van der Waals surface area contributed by atoms with Gasteiger partial charge in [-0.25, -0.2) is 0 Å². The van der Waals surface area contributed by atoms with E-state index in [0.29, 0.717) is 6.17 Å². The minimum absolute atomic E-state index is 0.357. The summed E-state index contributed by atoms with van der Waals surface area (Å²) in [4.78, 5) is 2.42. The molecule has 0 aromatic rings. The highest BCUT2D eigenvalue weighted by molar-refractivity contribution is 4.71. The Morgan fingerprint density at radius 1 is 1.45 bits per heavy atom. The predicted octanol–water partition coefficient (Wildman–Crippen LogP) is 1.56. The van der Waals surface area contributed by atoms with E-state index in [-0.39, 0.29) is 0 Å². The highest BCUT2D eigenvalue weighted by Gasteiger charge is 2.16. The Hall–Kier alpha value is -0.0800. The van der Waals surface area contributed by atoms with Gasteiger partial charge in [-0.15, -0.1) is 0 Å². The third kappa shape index (κ3) is 2.80. The van der Waals surface area contributed by atoms with Crippen LogP contribution in [0.25, 0.3) is 0 Å². The monoisotopic (exact) mass is 156 g/mol. The van der Waals surface area contributed by atoms with Crippen molar-refractivity contribution in [3.63, 3.8) is 0 Å². The molecule has 0 aliphatic carbocycles. The Morgan fingerprint density at radius 3 is 2.91 bits per heavy atom. The molecule has 0 amide bonds. The van der Waals surface area contributed by atoms with Gasteiger partial charge in [-0.1, -0.05) is 13.3 Å². The maximum Gasteiger partial charge on any atom is 0.0571 e. The molecule has 1 heterocycles. The van der Waals surface area contributed by atoms with Gasteiger partial charge in [0.05, 0.1) is 6.17 Å². The van der Waals surface area contributed by atoms with E-state index in [9.17, 15) is 0 Å². The molecular formula is C9H20N2. The van der Waals surface area contributed by atoms with Gasteiger partial charge in [0, 0.05) is 0 Å². The van der Waals surface area contributed by atoms with E-state index in [1.807, 2.05) is 0 Å². The fourth-order valence-corrected chi connectivity index (χ4v) is 1.66. The molecule has 0 saturated carbocycles. The third-order valence-electron chi connectivity index (χ3n) is 2.46. The van der Waals surface area contributed by atoms with Gasteiger partial charge in [0.25, 0.3) is 0 Å².